The molecule has 0 saturated carbocycles. The normalized spacial score (nSPS) is 12.9. The summed E-state index contributed by atoms with van der Waals surface area (Å²) in [6, 6.07) is 3.31. The van der Waals surface area contributed by atoms with Gasteiger partial charge in [-0.15, -0.1) is 0 Å². The first-order valence-corrected chi connectivity index (χ1v) is 6.02. The summed E-state index contributed by atoms with van der Waals surface area (Å²) in [7, 11) is 0. The van der Waals surface area contributed by atoms with Gasteiger partial charge in [0.1, 0.15) is 5.75 Å². The van der Waals surface area contributed by atoms with Gasteiger partial charge in [-0.3, -0.25) is 0 Å². The van der Waals surface area contributed by atoms with Gasteiger partial charge in [-0.1, -0.05) is 37.0 Å². The van der Waals surface area contributed by atoms with Crippen molar-refractivity contribution >= 4 is 23.2 Å². The third kappa shape index (κ3) is 3.03. The standard InChI is InChI=1S/C12H16Cl2O2/c1-4-16-11-6-9(13)8(5-10(11)14)12(15)7(2)3/h5-7,12,15H,4H2,1-3H3. The average molecular weight is 263 g/mol. The van der Waals surface area contributed by atoms with Gasteiger partial charge in [0, 0.05) is 11.6 Å². The molecule has 0 heterocycles. The van der Waals surface area contributed by atoms with Gasteiger partial charge in [-0.25, -0.2) is 0 Å². The quantitative estimate of drug-likeness (QED) is 0.886. The zero-order valence-electron chi connectivity index (χ0n) is 9.63. The summed E-state index contributed by atoms with van der Waals surface area (Å²) in [4.78, 5) is 0. The molecule has 1 aromatic rings. The Morgan fingerprint density at radius 2 is 1.88 bits per heavy atom. The fraction of sp³-hybridized carbons (Fsp3) is 0.500. The van der Waals surface area contributed by atoms with Gasteiger partial charge in [0.2, 0.25) is 0 Å². The second kappa shape index (κ2) is 5.76. The molecule has 16 heavy (non-hydrogen) atoms. The lowest BCUT2D eigenvalue weighted by Crippen LogP contribution is -2.06. The highest BCUT2D eigenvalue weighted by Crippen LogP contribution is 2.36. The molecule has 1 atom stereocenters. The van der Waals surface area contributed by atoms with Gasteiger partial charge in [0.15, 0.2) is 0 Å². The fourth-order valence-electron chi connectivity index (χ4n) is 1.40. The van der Waals surface area contributed by atoms with E-state index in [-0.39, 0.29) is 5.92 Å². The minimum atomic E-state index is -0.610. The van der Waals surface area contributed by atoms with Crippen LogP contribution in [0.25, 0.3) is 0 Å². The Hall–Kier alpha value is -0.440. The highest BCUT2D eigenvalue weighted by molar-refractivity contribution is 6.34. The van der Waals surface area contributed by atoms with E-state index >= 15 is 0 Å². The highest BCUT2D eigenvalue weighted by Gasteiger charge is 2.17. The summed E-state index contributed by atoms with van der Waals surface area (Å²) in [5, 5.41) is 10.9. The minimum absolute atomic E-state index is 0.0894. The predicted octanol–water partition coefficient (Wildman–Crippen LogP) is 4.08. The largest absolute Gasteiger partial charge is 0.492 e. The monoisotopic (exact) mass is 262 g/mol. The van der Waals surface area contributed by atoms with E-state index in [4.69, 9.17) is 27.9 Å². The molecule has 4 heteroatoms. The maximum atomic E-state index is 9.94. The minimum Gasteiger partial charge on any atom is -0.492 e. The first-order chi connectivity index (χ1) is 7.47. The average Bonchev–Trinajstić information content (AvgIpc) is 2.22. The Kier molecular flexibility index (Phi) is 4.90. The second-order valence-electron chi connectivity index (χ2n) is 3.93. The lowest BCUT2D eigenvalue weighted by molar-refractivity contribution is 0.127. The lowest BCUT2D eigenvalue weighted by Gasteiger charge is -2.18. The topological polar surface area (TPSA) is 29.5 Å². The smallest absolute Gasteiger partial charge is 0.139 e. The van der Waals surface area contributed by atoms with Gasteiger partial charge in [-0.2, -0.15) is 0 Å². The van der Waals surface area contributed by atoms with Crippen LogP contribution in [-0.4, -0.2) is 11.7 Å². The third-order valence-electron chi connectivity index (χ3n) is 2.30. The van der Waals surface area contributed by atoms with Gasteiger partial charge in [0.25, 0.3) is 0 Å². The SMILES string of the molecule is CCOc1cc(Cl)c(C(O)C(C)C)cc1Cl. The molecule has 0 bridgehead atoms. The predicted molar refractivity (Wildman–Crippen MR) is 67.4 cm³/mol. The van der Waals surface area contributed by atoms with Crippen molar-refractivity contribution in [2.75, 3.05) is 6.61 Å². The number of aliphatic hydroxyl groups excluding tert-OH is 1. The number of benzene rings is 1. The van der Waals surface area contributed by atoms with Crippen molar-refractivity contribution in [1.82, 2.24) is 0 Å². The molecule has 2 nitrogen and oxygen atoms in total. The van der Waals surface area contributed by atoms with Crippen LogP contribution in [0.5, 0.6) is 5.75 Å². The van der Waals surface area contributed by atoms with E-state index in [9.17, 15) is 5.11 Å². The Morgan fingerprint density at radius 3 is 2.38 bits per heavy atom. The Balaban J connectivity index is 3.10. The molecule has 0 aliphatic rings. The number of hydrogen-bond donors (Lipinski definition) is 1. The third-order valence-corrected chi connectivity index (χ3v) is 2.92. The molecular weight excluding hydrogens is 247 g/mol. The second-order valence-corrected chi connectivity index (χ2v) is 4.74. The molecule has 0 aliphatic heterocycles. The first kappa shape index (κ1) is 13.6. The molecule has 1 N–H and O–H groups in total. The Morgan fingerprint density at radius 1 is 1.25 bits per heavy atom. The van der Waals surface area contributed by atoms with Crippen molar-refractivity contribution in [3.8, 4) is 5.75 Å². The van der Waals surface area contributed by atoms with E-state index in [1.165, 1.54) is 0 Å². The van der Waals surface area contributed by atoms with Crippen LogP contribution in [0.3, 0.4) is 0 Å². The molecule has 0 saturated heterocycles. The number of ether oxygens (including phenoxy) is 1. The van der Waals surface area contributed by atoms with Gasteiger partial charge in [-0.05, 0) is 18.9 Å². The molecule has 1 aromatic carbocycles. The van der Waals surface area contributed by atoms with E-state index in [1.54, 1.807) is 12.1 Å². The molecule has 1 unspecified atom stereocenters. The lowest BCUT2D eigenvalue weighted by atomic mass is 9.99. The molecule has 1 rings (SSSR count). The van der Waals surface area contributed by atoms with Crippen LogP contribution in [0, 0.1) is 5.92 Å². The Bertz CT molecular complexity index is 364. The van der Waals surface area contributed by atoms with Crippen LogP contribution < -0.4 is 4.74 Å². The van der Waals surface area contributed by atoms with Crippen LogP contribution in [0.1, 0.15) is 32.4 Å². The summed E-state index contributed by atoms with van der Waals surface area (Å²) < 4.78 is 5.31. The maximum Gasteiger partial charge on any atom is 0.139 e. The summed E-state index contributed by atoms with van der Waals surface area (Å²) in [6.45, 7) is 6.25. The van der Waals surface area contributed by atoms with E-state index in [0.29, 0.717) is 28.0 Å². The van der Waals surface area contributed by atoms with Crippen LogP contribution in [0.2, 0.25) is 10.0 Å². The van der Waals surface area contributed by atoms with Crippen LogP contribution in [-0.2, 0) is 0 Å². The number of aliphatic hydroxyl groups is 1. The number of halogens is 2. The molecule has 0 aliphatic carbocycles. The van der Waals surface area contributed by atoms with Crippen molar-refractivity contribution in [3.05, 3.63) is 27.7 Å². The maximum absolute atomic E-state index is 9.94. The molecule has 90 valence electrons. The molecule has 0 amide bonds. The summed E-state index contributed by atoms with van der Waals surface area (Å²) in [5.74, 6) is 0.639. The van der Waals surface area contributed by atoms with Gasteiger partial charge >= 0.3 is 0 Å². The van der Waals surface area contributed by atoms with E-state index in [1.807, 2.05) is 20.8 Å². The van der Waals surface area contributed by atoms with Crippen molar-refractivity contribution in [2.24, 2.45) is 5.92 Å². The molecule has 0 radical (unpaired) electrons. The molecule has 0 spiro atoms. The Labute approximate surface area is 106 Å². The van der Waals surface area contributed by atoms with Gasteiger partial charge < -0.3 is 9.84 Å². The molecule has 0 fully saturated rings. The van der Waals surface area contributed by atoms with Crippen molar-refractivity contribution in [1.29, 1.82) is 0 Å². The van der Waals surface area contributed by atoms with Gasteiger partial charge in [0.05, 0.1) is 22.8 Å². The van der Waals surface area contributed by atoms with Crippen molar-refractivity contribution in [2.45, 2.75) is 26.9 Å². The van der Waals surface area contributed by atoms with Crippen molar-refractivity contribution in [3.63, 3.8) is 0 Å². The highest BCUT2D eigenvalue weighted by atomic mass is 35.5. The first-order valence-electron chi connectivity index (χ1n) is 5.27. The van der Waals surface area contributed by atoms with Crippen LogP contribution in [0.4, 0.5) is 0 Å². The van der Waals surface area contributed by atoms with Crippen LogP contribution >= 0.6 is 23.2 Å². The summed E-state index contributed by atoms with van der Waals surface area (Å²) in [6.07, 6.45) is -0.610. The zero-order valence-corrected chi connectivity index (χ0v) is 11.1. The molecular formula is C12H16Cl2O2. The van der Waals surface area contributed by atoms with E-state index in [2.05, 4.69) is 0 Å². The molecule has 0 aromatic heterocycles. The van der Waals surface area contributed by atoms with Crippen LogP contribution in [0.15, 0.2) is 12.1 Å². The van der Waals surface area contributed by atoms with E-state index in [0.717, 1.165) is 0 Å². The van der Waals surface area contributed by atoms with Crippen molar-refractivity contribution < 1.29 is 9.84 Å². The number of hydrogen-bond acceptors (Lipinski definition) is 2. The fourth-order valence-corrected chi connectivity index (χ4v) is 1.89. The number of rotatable bonds is 4. The summed E-state index contributed by atoms with van der Waals surface area (Å²) in [5.41, 5.74) is 0.644. The zero-order chi connectivity index (χ0) is 12.3. The van der Waals surface area contributed by atoms with E-state index < -0.39 is 6.10 Å². The summed E-state index contributed by atoms with van der Waals surface area (Å²) >= 11 is 12.1.